The van der Waals surface area contributed by atoms with Crippen LogP contribution in [-0.4, -0.2) is 48.9 Å². The molecule has 0 radical (unpaired) electrons. The molecule has 0 aliphatic rings. The Bertz CT molecular complexity index is 930. The van der Waals surface area contributed by atoms with Crippen LogP contribution < -0.4 is 20.1 Å². The summed E-state index contributed by atoms with van der Waals surface area (Å²) in [6, 6.07) is 14.7. The summed E-state index contributed by atoms with van der Waals surface area (Å²) in [4.78, 5) is 27.2. The largest absolute Gasteiger partial charge is 0.494 e. The maximum atomic E-state index is 13.6. The second kappa shape index (κ2) is 17.6. The van der Waals surface area contributed by atoms with E-state index in [0.29, 0.717) is 50.3 Å². The van der Waals surface area contributed by atoms with E-state index in [1.807, 2.05) is 62.4 Å². The Morgan fingerprint density at radius 2 is 0.925 bits per heavy atom. The van der Waals surface area contributed by atoms with Gasteiger partial charge < -0.3 is 20.1 Å². The molecule has 2 unspecified atom stereocenters. The lowest BCUT2D eigenvalue weighted by molar-refractivity contribution is 0.0858. The van der Waals surface area contributed by atoms with Crippen LogP contribution in [0.25, 0.3) is 0 Å². The monoisotopic (exact) mass is 596 g/mol. The standard InChI is InChI=1S/C32H48N2O4.2ClH/c1-9-37-27-17-13-23(14-18-27)29(35)25(21-33-31(3,4)5)11-12-26(22-34-32(6,7)8)30(36)24-15-19-28(20-16-24)38-10-2;;/h13-20,25-26,33-34H,9-12,21-22H2,1-8H3;2*1H. The van der Waals surface area contributed by atoms with Gasteiger partial charge in [-0.05, 0) is 117 Å². The van der Waals surface area contributed by atoms with Crippen molar-refractivity contribution in [3.63, 3.8) is 0 Å². The lowest BCUT2D eigenvalue weighted by Gasteiger charge is -2.28. The van der Waals surface area contributed by atoms with E-state index in [2.05, 4.69) is 52.2 Å². The van der Waals surface area contributed by atoms with E-state index in [4.69, 9.17) is 9.47 Å². The Hall–Kier alpha value is -2.12. The fraction of sp³-hybridized carbons (Fsp3) is 0.562. The summed E-state index contributed by atoms with van der Waals surface area (Å²) in [6.45, 7) is 18.7. The highest BCUT2D eigenvalue weighted by Crippen LogP contribution is 2.24. The van der Waals surface area contributed by atoms with Gasteiger partial charge in [0.15, 0.2) is 11.6 Å². The van der Waals surface area contributed by atoms with Crippen LogP contribution in [0.15, 0.2) is 48.5 Å². The molecule has 226 valence electrons. The Balaban J connectivity index is 0.00000760. The maximum absolute atomic E-state index is 13.6. The zero-order valence-electron chi connectivity index (χ0n) is 25.5. The average molecular weight is 598 g/mol. The van der Waals surface area contributed by atoms with Crippen LogP contribution >= 0.6 is 24.8 Å². The van der Waals surface area contributed by atoms with Gasteiger partial charge in [0.1, 0.15) is 11.5 Å². The molecule has 40 heavy (non-hydrogen) atoms. The van der Waals surface area contributed by atoms with Crippen LogP contribution in [0.2, 0.25) is 0 Å². The van der Waals surface area contributed by atoms with Crippen LogP contribution in [0.5, 0.6) is 11.5 Å². The van der Waals surface area contributed by atoms with Gasteiger partial charge in [-0.25, -0.2) is 0 Å². The predicted octanol–water partition coefficient (Wildman–Crippen LogP) is 7.18. The molecule has 8 heteroatoms. The molecule has 0 bridgehead atoms. The van der Waals surface area contributed by atoms with E-state index in [1.54, 1.807) is 0 Å². The highest BCUT2D eigenvalue weighted by atomic mass is 35.5. The van der Waals surface area contributed by atoms with Crippen LogP contribution in [0.3, 0.4) is 0 Å². The van der Waals surface area contributed by atoms with Crippen molar-refractivity contribution in [1.29, 1.82) is 0 Å². The molecule has 0 saturated carbocycles. The molecule has 0 heterocycles. The Morgan fingerprint density at radius 3 is 1.18 bits per heavy atom. The molecular formula is C32H50Cl2N2O4. The zero-order chi connectivity index (χ0) is 28.3. The van der Waals surface area contributed by atoms with E-state index in [0.717, 1.165) is 11.5 Å². The number of carbonyl (C=O) groups is 2. The molecule has 2 N–H and O–H groups in total. The third kappa shape index (κ3) is 13.5. The first kappa shape index (κ1) is 37.9. The lowest BCUT2D eigenvalue weighted by atomic mass is 9.85. The number of ketones is 2. The highest BCUT2D eigenvalue weighted by Gasteiger charge is 2.27. The summed E-state index contributed by atoms with van der Waals surface area (Å²) in [5.74, 6) is 1.17. The number of carbonyl (C=O) groups excluding carboxylic acids is 2. The summed E-state index contributed by atoms with van der Waals surface area (Å²) in [6.07, 6.45) is 1.21. The third-order valence-corrected chi connectivity index (χ3v) is 6.26. The molecular weight excluding hydrogens is 547 g/mol. The summed E-state index contributed by atoms with van der Waals surface area (Å²) in [5.41, 5.74) is 1.08. The van der Waals surface area contributed by atoms with Gasteiger partial charge in [-0.15, -0.1) is 24.8 Å². The van der Waals surface area contributed by atoms with Crippen molar-refractivity contribution in [1.82, 2.24) is 10.6 Å². The second-order valence-electron chi connectivity index (χ2n) is 11.9. The van der Waals surface area contributed by atoms with E-state index in [-0.39, 0.29) is 59.3 Å². The third-order valence-electron chi connectivity index (χ3n) is 6.26. The molecule has 0 aliphatic heterocycles. The van der Waals surface area contributed by atoms with Crippen LogP contribution in [0.1, 0.15) is 88.9 Å². The van der Waals surface area contributed by atoms with Crippen LogP contribution in [-0.2, 0) is 0 Å². The first-order valence-electron chi connectivity index (χ1n) is 13.9. The van der Waals surface area contributed by atoms with Crippen LogP contribution in [0.4, 0.5) is 0 Å². The predicted molar refractivity (Wildman–Crippen MR) is 170 cm³/mol. The minimum absolute atomic E-state index is 0. The fourth-order valence-corrected chi connectivity index (χ4v) is 4.15. The van der Waals surface area contributed by atoms with Gasteiger partial charge in [-0.2, -0.15) is 0 Å². The second-order valence-corrected chi connectivity index (χ2v) is 11.9. The number of hydrogen-bond acceptors (Lipinski definition) is 6. The van der Waals surface area contributed by atoms with Gasteiger partial charge in [0.05, 0.1) is 13.2 Å². The molecule has 2 aromatic rings. The molecule has 0 aromatic heterocycles. The number of Topliss-reactive ketones (excluding diaryl/α,β-unsaturated/α-hetero) is 2. The number of halogens is 2. The minimum atomic E-state index is -0.252. The number of rotatable bonds is 15. The van der Waals surface area contributed by atoms with Gasteiger partial charge in [-0.1, -0.05) is 0 Å². The quantitative estimate of drug-likeness (QED) is 0.212. The molecule has 0 spiro atoms. The number of nitrogens with one attached hydrogen (secondary N) is 2. The van der Waals surface area contributed by atoms with E-state index < -0.39 is 0 Å². The van der Waals surface area contributed by atoms with Gasteiger partial charge in [0.25, 0.3) is 0 Å². The zero-order valence-corrected chi connectivity index (χ0v) is 27.1. The summed E-state index contributed by atoms with van der Waals surface area (Å²) < 4.78 is 11.1. The molecule has 6 nitrogen and oxygen atoms in total. The molecule has 2 rings (SSSR count). The van der Waals surface area contributed by atoms with Gasteiger partial charge in [-0.3, -0.25) is 9.59 Å². The smallest absolute Gasteiger partial charge is 0.167 e. The minimum Gasteiger partial charge on any atom is -0.494 e. The van der Waals surface area contributed by atoms with E-state index in [1.165, 1.54) is 0 Å². The van der Waals surface area contributed by atoms with Crippen molar-refractivity contribution in [3.8, 4) is 11.5 Å². The number of hydrogen-bond donors (Lipinski definition) is 2. The first-order chi connectivity index (χ1) is 17.8. The summed E-state index contributed by atoms with van der Waals surface area (Å²) in [7, 11) is 0. The van der Waals surface area contributed by atoms with Crippen molar-refractivity contribution in [2.45, 2.75) is 79.3 Å². The lowest BCUT2D eigenvalue weighted by Crippen LogP contribution is -2.42. The highest BCUT2D eigenvalue weighted by molar-refractivity contribution is 5.99. The molecule has 0 amide bonds. The van der Waals surface area contributed by atoms with Crippen molar-refractivity contribution in [2.75, 3.05) is 26.3 Å². The van der Waals surface area contributed by atoms with Gasteiger partial charge in [0, 0.05) is 47.1 Å². The van der Waals surface area contributed by atoms with Crippen molar-refractivity contribution in [3.05, 3.63) is 59.7 Å². The Labute approximate surface area is 254 Å². The molecule has 0 saturated heterocycles. The molecule has 2 aromatic carbocycles. The van der Waals surface area contributed by atoms with Crippen molar-refractivity contribution in [2.24, 2.45) is 11.8 Å². The number of ether oxygens (including phenoxy) is 2. The first-order valence-corrected chi connectivity index (χ1v) is 13.9. The molecule has 2 atom stereocenters. The fourth-order valence-electron chi connectivity index (χ4n) is 4.15. The van der Waals surface area contributed by atoms with Gasteiger partial charge in [0.2, 0.25) is 0 Å². The topological polar surface area (TPSA) is 76.7 Å². The Morgan fingerprint density at radius 1 is 0.625 bits per heavy atom. The maximum Gasteiger partial charge on any atom is 0.167 e. The number of benzene rings is 2. The van der Waals surface area contributed by atoms with Crippen LogP contribution in [0, 0.1) is 11.8 Å². The Kier molecular flexibility index (Phi) is 16.7. The van der Waals surface area contributed by atoms with E-state index >= 15 is 0 Å². The SMILES string of the molecule is CCOc1ccc(C(=O)C(CCC(CNC(C)(C)C)C(=O)c2ccc(OCC)cc2)CNC(C)(C)C)cc1.Cl.Cl. The van der Waals surface area contributed by atoms with Crippen molar-refractivity contribution < 1.29 is 19.1 Å². The molecule has 0 fully saturated rings. The normalized spacial score (nSPS) is 12.9. The summed E-state index contributed by atoms with van der Waals surface area (Å²) in [5, 5.41) is 7.01. The van der Waals surface area contributed by atoms with E-state index in [9.17, 15) is 9.59 Å². The van der Waals surface area contributed by atoms with Crippen molar-refractivity contribution >= 4 is 36.4 Å². The summed E-state index contributed by atoms with van der Waals surface area (Å²) >= 11 is 0. The molecule has 0 aliphatic carbocycles. The van der Waals surface area contributed by atoms with Gasteiger partial charge >= 0.3 is 0 Å². The average Bonchev–Trinajstić information content (AvgIpc) is 2.85.